The van der Waals surface area contributed by atoms with Gasteiger partial charge in [-0.1, -0.05) is 6.92 Å². The van der Waals surface area contributed by atoms with Gasteiger partial charge in [-0.05, 0) is 47.7 Å². The number of hydrogen-bond acceptors (Lipinski definition) is 3. The van der Waals surface area contributed by atoms with Crippen LogP contribution in [0.15, 0.2) is 16.7 Å². The summed E-state index contributed by atoms with van der Waals surface area (Å²) >= 11 is 3.35. The molecule has 0 radical (unpaired) electrons. The Bertz CT molecular complexity index is 444. The van der Waals surface area contributed by atoms with Crippen LogP contribution in [0.3, 0.4) is 0 Å². The molecule has 1 fully saturated rings. The van der Waals surface area contributed by atoms with Crippen LogP contribution >= 0.6 is 15.9 Å². The van der Waals surface area contributed by atoms with E-state index in [2.05, 4.69) is 38.5 Å². The number of amides is 1. The zero-order valence-corrected chi connectivity index (χ0v) is 12.3. The second-order valence-electron chi connectivity index (χ2n) is 4.83. The molecule has 0 unspecified atom stereocenters. The number of anilines is 1. The van der Waals surface area contributed by atoms with Crippen LogP contribution in [0.25, 0.3) is 0 Å². The van der Waals surface area contributed by atoms with Crippen LogP contribution in [0, 0.1) is 5.92 Å². The minimum atomic E-state index is -0.0448. The molecule has 1 amide bonds. The molecule has 1 heterocycles. The highest BCUT2D eigenvalue weighted by atomic mass is 79.9. The fourth-order valence-corrected chi connectivity index (χ4v) is 2.54. The summed E-state index contributed by atoms with van der Waals surface area (Å²) in [6.45, 7) is 4.93. The lowest BCUT2D eigenvalue weighted by Crippen LogP contribution is -2.43. The molecular formula is C13H18BrN3O. The largest absolute Gasteiger partial charge is 0.370 e. The van der Waals surface area contributed by atoms with Crippen molar-refractivity contribution in [2.45, 2.75) is 32.7 Å². The van der Waals surface area contributed by atoms with Crippen molar-refractivity contribution >= 4 is 27.7 Å². The van der Waals surface area contributed by atoms with E-state index < -0.39 is 0 Å². The first-order chi connectivity index (χ1) is 8.60. The van der Waals surface area contributed by atoms with Gasteiger partial charge in [-0.3, -0.25) is 4.79 Å². The fraction of sp³-hybridized carbons (Fsp3) is 0.538. The van der Waals surface area contributed by atoms with Crippen molar-refractivity contribution in [2.75, 3.05) is 11.9 Å². The first-order valence-corrected chi connectivity index (χ1v) is 7.09. The summed E-state index contributed by atoms with van der Waals surface area (Å²) in [5.41, 5.74) is 0.603. The number of carbonyl (C=O) groups is 1. The van der Waals surface area contributed by atoms with Crippen LogP contribution < -0.4 is 10.6 Å². The van der Waals surface area contributed by atoms with Gasteiger partial charge in [-0.2, -0.15) is 0 Å². The van der Waals surface area contributed by atoms with Crippen LogP contribution in [0.4, 0.5) is 5.82 Å². The quantitative estimate of drug-likeness (QED) is 0.899. The summed E-state index contributed by atoms with van der Waals surface area (Å²) in [7, 11) is 0. The monoisotopic (exact) mass is 311 g/mol. The molecule has 1 aliphatic rings. The Morgan fingerprint density at radius 3 is 2.89 bits per heavy atom. The number of rotatable bonds is 4. The minimum Gasteiger partial charge on any atom is -0.370 e. The Morgan fingerprint density at radius 2 is 2.28 bits per heavy atom. The van der Waals surface area contributed by atoms with Crippen LogP contribution in [-0.4, -0.2) is 23.5 Å². The first kappa shape index (κ1) is 13.3. The van der Waals surface area contributed by atoms with Gasteiger partial charge in [-0.25, -0.2) is 4.98 Å². The Hall–Kier alpha value is -1.10. The summed E-state index contributed by atoms with van der Waals surface area (Å²) in [4.78, 5) is 16.4. The molecule has 1 aliphatic carbocycles. The normalized spacial score (nSPS) is 22.2. The third kappa shape index (κ3) is 3.02. The predicted octanol–water partition coefficient (Wildman–Crippen LogP) is 2.80. The van der Waals surface area contributed by atoms with Crippen molar-refractivity contribution in [1.82, 2.24) is 10.3 Å². The molecule has 1 aromatic heterocycles. The average molecular weight is 312 g/mol. The average Bonchev–Trinajstić information content (AvgIpc) is 2.29. The van der Waals surface area contributed by atoms with E-state index >= 15 is 0 Å². The zero-order chi connectivity index (χ0) is 13.1. The summed E-state index contributed by atoms with van der Waals surface area (Å²) in [5, 5.41) is 6.16. The van der Waals surface area contributed by atoms with E-state index in [9.17, 15) is 4.79 Å². The van der Waals surface area contributed by atoms with Crippen molar-refractivity contribution < 1.29 is 4.79 Å². The maximum Gasteiger partial charge on any atom is 0.255 e. The van der Waals surface area contributed by atoms with Crippen LogP contribution in [-0.2, 0) is 0 Å². The lowest BCUT2D eigenvalue weighted by Gasteiger charge is -2.33. The molecule has 1 aromatic rings. The highest BCUT2D eigenvalue weighted by molar-refractivity contribution is 9.10. The number of nitrogens with one attached hydrogen (secondary N) is 2. The SMILES string of the molecule is CCNc1ncc(Br)cc1C(=O)NC1CC(C)C1. The summed E-state index contributed by atoms with van der Waals surface area (Å²) in [6.07, 6.45) is 3.84. The summed E-state index contributed by atoms with van der Waals surface area (Å²) in [6, 6.07) is 2.13. The Labute approximate surface area is 116 Å². The number of aromatic nitrogens is 1. The van der Waals surface area contributed by atoms with E-state index in [0.29, 0.717) is 17.4 Å². The molecule has 18 heavy (non-hydrogen) atoms. The van der Waals surface area contributed by atoms with Crippen LogP contribution in [0.1, 0.15) is 37.0 Å². The molecule has 1 saturated carbocycles. The van der Waals surface area contributed by atoms with Crippen LogP contribution in [0.5, 0.6) is 0 Å². The van der Waals surface area contributed by atoms with E-state index in [1.54, 1.807) is 6.20 Å². The topological polar surface area (TPSA) is 54.0 Å². The van der Waals surface area contributed by atoms with Gasteiger partial charge in [-0.15, -0.1) is 0 Å². The second-order valence-corrected chi connectivity index (χ2v) is 5.74. The standard InChI is InChI=1S/C13H18BrN3O/c1-3-15-12-11(6-9(14)7-16-12)13(18)17-10-4-8(2)5-10/h6-8,10H,3-5H2,1-2H3,(H,15,16)(H,17,18). The highest BCUT2D eigenvalue weighted by Gasteiger charge is 2.27. The minimum absolute atomic E-state index is 0.0448. The Kier molecular flexibility index (Phi) is 4.22. The number of nitrogens with zero attached hydrogens (tertiary/aromatic N) is 1. The third-order valence-electron chi connectivity index (χ3n) is 3.15. The number of hydrogen-bond donors (Lipinski definition) is 2. The summed E-state index contributed by atoms with van der Waals surface area (Å²) in [5.74, 6) is 1.33. The molecule has 0 atom stereocenters. The fourth-order valence-electron chi connectivity index (χ4n) is 2.20. The molecule has 4 nitrogen and oxygen atoms in total. The molecule has 0 spiro atoms. The van der Waals surface area contributed by atoms with E-state index in [4.69, 9.17) is 0 Å². The van der Waals surface area contributed by atoms with Gasteiger partial charge in [0.2, 0.25) is 0 Å². The first-order valence-electron chi connectivity index (χ1n) is 6.30. The maximum atomic E-state index is 12.2. The smallest absolute Gasteiger partial charge is 0.255 e. The van der Waals surface area contributed by atoms with Gasteiger partial charge in [0.25, 0.3) is 5.91 Å². The molecule has 0 bridgehead atoms. The third-order valence-corrected chi connectivity index (χ3v) is 3.59. The Balaban J connectivity index is 2.10. The van der Waals surface area contributed by atoms with Gasteiger partial charge in [0.05, 0.1) is 5.56 Å². The lowest BCUT2D eigenvalue weighted by molar-refractivity contribution is 0.0896. The number of pyridine rings is 1. The van der Waals surface area contributed by atoms with Crippen LogP contribution in [0.2, 0.25) is 0 Å². The van der Waals surface area contributed by atoms with Gasteiger partial charge in [0, 0.05) is 23.3 Å². The zero-order valence-electron chi connectivity index (χ0n) is 10.7. The van der Waals surface area contributed by atoms with Gasteiger partial charge in [0.1, 0.15) is 5.82 Å². The van der Waals surface area contributed by atoms with Gasteiger partial charge >= 0.3 is 0 Å². The van der Waals surface area contributed by atoms with E-state index in [0.717, 1.165) is 29.8 Å². The second kappa shape index (κ2) is 5.69. The number of halogens is 1. The molecular weight excluding hydrogens is 294 g/mol. The lowest BCUT2D eigenvalue weighted by atomic mass is 9.82. The molecule has 0 aromatic carbocycles. The number of carbonyl (C=O) groups excluding carboxylic acids is 1. The van der Waals surface area contributed by atoms with Crippen molar-refractivity contribution in [3.8, 4) is 0 Å². The van der Waals surface area contributed by atoms with Gasteiger partial charge in [0.15, 0.2) is 0 Å². The summed E-state index contributed by atoms with van der Waals surface area (Å²) < 4.78 is 0.816. The molecule has 0 aliphatic heterocycles. The highest BCUT2D eigenvalue weighted by Crippen LogP contribution is 2.27. The van der Waals surface area contributed by atoms with E-state index in [-0.39, 0.29) is 5.91 Å². The van der Waals surface area contributed by atoms with Gasteiger partial charge < -0.3 is 10.6 Å². The van der Waals surface area contributed by atoms with E-state index in [1.807, 2.05) is 13.0 Å². The molecule has 98 valence electrons. The van der Waals surface area contributed by atoms with Crippen molar-refractivity contribution in [3.63, 3.8) is 0 Å². The van der Waals surface area contributed by atoms with Crippen molar-refractivity contribution in [2.24, 2.45) is 5.92 Å². The molecule has 2 N–H and O–H groups in total. The van der Waals surface area contributed by atoms with Crippen molar-refractivity contribution in [3.05, 3.63) is 22.3 Å². The van der Waals surface area contributed by atoms with E-state index in [1.165, 1.54) is 0 Å². The predicted molar refractivity (Wildman–Crippen MR) is 75.8 cm³/mol. The maximum absolute atomic E-state index is 12.2. The van der Waals surface area contributed by atoms with Crippen molar-refractivity contribution in [1.29, 1.82) is 0 Å². The molecule has 2 rings (SSSR count). The molecule has 5 heteroatoms. The molecule has 0 saturated heterocycles. The Morgan fingerprint density at radius 1 is 1.56 bits per heavy atom.